The highest BCUT2D eigenvalue weighted by Gasteiger charge is 2.12. The Hall–Kier alpha value is -3.19. The smallest absolute Gasteiger partial charge is 0.261 e. The van der Waals surface area contributed by atoms with Crippen molar-refractivity contribution in [3.63, 3.8) is 0 Å². The van der Waals surface area contributed by atoms with E-state index in [1.165, 1.54) is 10.9 Å². The molecule has 4 aromatic rings. The van der Waals surface area contributed by atoms with Gasteiger partial charge < -0.3 is 9.26 Å². The number of hydrogen-bond donors (Lipinski definition) is 0. The molecule has 2 heterocycles. The molecule has 0 amide bonds. The molecule has 0 bridgehead atoms. The van der Waals surface area contributed by atoms with E-state index in [0.717, 1.165) is 5.56 Å². The lowest BCUT2D eigenvalue weighted by atomic mass is 10.2. The molecule has 2 aromatic heterocycles. The highest BCUT2D eigenvalue weighted by atomic mass is 35.5. The van der Waals surface area contributed by atoms with Gasteiger partial charge in [0.15, 0.2) is 0 Å². The summed E-state index contributed by atoms with van der Waals surface area (Å²) in [4.78, 5) is 21.2. The second kappa shape index (κ2) is 6.61. The normalized spacial score (nSPS) is 11.0. The lowest BCUT2D eigenvalue weighted by Gasteiger charge is -2.03. The fourth-order valence-corrected chi connectivity index (χ4v) is 2.76. The Morgan fingerprint density at radius 1 is 1.23 bits per heavy atom. The molecule has 0 aliphatic heterocycles. The summed E-state index contributed by atoms with van der Waals surface area (Å²) in [7, 11) is 1.59. The first kappa shape index (κ1) is 16.3. The van der Waals surface area contributed by atoms with Crippen molar-refractivity contribution in [1.29, 1.82) is 0 Å². The van der Waals surface area contributed by atoms with E-state index in [1.54, 1.807) is 31.4 Å². The zero-order chi connectivity index (χ0) is 18.1. The van der Waals surface area contributed by atoms with Crippen LogP contribution < -0.4 is 10.3 Å². The summed E-state index contributed by atoms with van der Waals surface area (Å²) in [5, 5.41) is 4.88. The van der Waals surface area contributed by atoms with Crippen LogP contribution in [-0.2, 0) is 6.54 Å². The van der Waals surface area contributed by atoms with Gasteiger partial charge in [-0.25, -0.2) is 4.98 Å². The highest BCUT2D eigenvalue weighted by Crippen LogP contribution is 2.21. The molecule has 4 rings (SSSR count). The van der Waals surface area contributed by atoms with Crippen molar-refractivity contribution in [2.45, 2.75) is 6.54 Å². The average Bonchev–Trinajstić information content (AvgIpc) is 3.13. The van der Waals surface area contributed by atoms with E-state index in [-0.39, 0.29) is 12.1 Å². The van der Waals surface area contributed by atoms with Crippen molar-refractivity contribution in [2.24, 2.45) is 0 Å². The lowest BCUT2D eigenvalue weighted by molar-refractivity contribution is 0.369. The number of aromatic nitrogens is 4. The SMILES string of the molecule is COc1cccc(-c2noc(Cn3cnc4ccc(Cl)cc4c3=O)n2)c1. The first-order valence-electron chi connectivity index (χ1n) is 7.76. The van der Waals surface area contributed by atoms with E-state index in [9.17, 15) is 4.79 Å². The quantitative estimate of drug-likeness (QED) is 0.550. The maximum absolute atomic E-state index is 12.6. The zero-order valence-corrected chi connectivity index (χ0v) is 14.5. The van der Waals surface area contributed by atoms with Crippen LogP contribution in [0.2, 0.25) is 5.02 Å². The van der Waals surface area contributed by atoms with Gasteiger partial charge in [0, 0.05) is 10.6 Å². The maximum Gasteiger partial charge on any atom is 0.261 e. The molecule has 0 N–H and O–H groups in total. The molecule has 0 aliphatic carbocycles. The average molecular weight is 369 g/mol. The summed E-state index contributed by atoms with van der Waals surface area (Å²) in [5.41, 5.74) is 1.12. The lowest BCUT2D eigenvalue weighted by Crippen LogP contribution is -2.21. The Morgan fingerprint density at radius 2 is 2.12 bits per heavy atom. The summed E-state index contributed by atoms with van der Waals surface area (Å²) in [6.07, 6.45) is 1.45. The first-order chi connectivity index (χ1) is 12.6. The fourth-order valence-electron chi connectivity index (χ4n) is 2.59. The molecule has 26 heavy (non-hydrogen) atoms. The zero-order valence-electron chi connectivity index (χ0n) is 13.7. The van der Waals surface area contributed by atoms with Crippen LogP contribution in [0.3, 0.4) is 0 Å². The Kier molecular flexibility index (Phi) is 4.14. The van der Waals surface area contributed by atoms with Gasteiger partial charge in [-0.2, -0.15) is 4.98 Å². The second-order valence-electron chi connectivity index (χ2n) is 5.58. The molecule has 0 saturated carbocycles. The molecule has 0 atom stereocenters. The summed E-state index contributed by atoms with van der Waals surface area (Å²) in [6, 6.07) is 12.3. The van der Waals surface area contributed by atoms with Crippen LogP contribution in [0.1, 0.15) is 5.89 Å². The van der Waals surface area contributed by atoms with Crippen LogP contribution >= 0.6 is 11.6 Å². The fraction of sp³-hybridized carbons (Fsp3) is 0.111. The van der Waals surface area contributed by atoms with Crippen LogP contribution in [0.4, 0.5) is 0 Å². The minimum absolute atomic E-state index is 0.116. The van der Waals surface area contributed by atoms with E-state index >= 15 is 0 Å². The van der Waals surface area contributed by atoms with Crippen LogP contribution in [0.5, 0.6) is 5.75 Å². The minimum Gasteiger partial charge on any atom is -0.497 e. The summed E-state index contributed by atoms with van der Waals surface area (Å²) in [6.45, 7) is 0.116. The van der Waals surface area contributed by atoms with E-state index in [2.05, 4.69) is 15.1 Å². The molecular formula is C18H13ClN4O3. The number of fused-ring (bicyclic) bond motifs is 1. The van der Waals surface area contributed by atoms with E-state index in [4.69, 9.17) is 20.9 Å². The van der Waals surface area contributed by atoms with Crippen LogP contribution in [0.25, 0.3) is 22.3 Å². The second-order valence-corrected chi connectivity index (χ2v) is 6.02. The van der Waals surface area contributed by atoms with Gasteiger partial charge in [0.1, 0.15) is 12.3 Å². The van der Waals surface area contributed by atoms with Crippen molar-refractivity contribution in [3.05, 3.63) is 70.1 Å². The standard InChI is InChI=1S/C18H13ClN4O3/c1-25-13-4-2-3-11(7-13)17-21-16(26-22-17)9-23-10-20-15-6-5-12(19)8-14(15)18(23)24/h2-8,10H,9H2,1H3. The largest absolute Gasteiger partial charge is 0.497 e. The summed E-state index contributed by atoms with van der Waals surface area (Å²) in [5.74, 6) is 1.41. The molecule has 8 heteroatoms. The van der Waals surface area contributed by atoms with Gasteiger partial charge in [0.25, 0.3) is 5.56 Å². The topological polar surface area (TPSA) is 83.0 Å². The third-order valence-corrected chi connectivity index (χ3v) is 4.12. The Labute approximate surface area is 152 Å². The van der Waals surface area contributed by atoms with Gasteiger partial charge in [0.05, 0.1) is 24.3 Å². The summed E-state index contributed by atoms with van der Waals surface area (Å²) < 4.78 is 11.9. The van der Waals surface area contributed by atoms with Crippen molar-refractivity contribution in [2.75, 3.05) is 7.11 Å². The van der Waals surface area contributed by atoms with E-state index in [0.29, 0.717) is 33.4 Å². The third-order valence-electron chi connectivity index (χ3n) is 3.89. The number of rotatable bonds is 4. The molecule has 130 valence electrons. The molecule has 0 unspecified atom stereocenters. The molecule has 0 fully saturated rings. The van der Waals surface area contributed by atoms with Gasteiger partial charge in [-0.3, -0.25) is 9.36 Å². The summed E-state index contributed by atoms with van der Waals surface area (Å²) >= 11 is 5.97. The van der Waals surface area contributed by atoms with Crippen molar-refractivity contribution in [1.82, 2.24) is 19.7 Å². The van der Waals surface area contributed by atoms with Crippen molar-refractivity contribution in [3.8, 4) is 17.1 Å². The predicted octanol–water partition coefficient (Wildman–Crippen LogP) is 3.16. The number of hydrogen-bond acceptors (Lipinski definition) is 6. The van der Waals surface area contributed by atoms with Gasteiger partial charge in [-0.05, 0) is 30.3 Å². The highest BCUT2D eigenvalue weighted by molar-refractivity contribution is 6.31. The molecule has 0 spiro atoms. The Bertz CT molecular complexity index is 1150. The van der Waals surface area contributed by atoms with Crippen LogP contribution in [0.15, 0.2) is 58.1 Å². The van der Waals surface area contributed by atoms with Crippen LogP contribution in [-0.4, -0.2) is 26.8 Å². The maximum atomic E-state index is 12.6. The number of nitrogens with zero attached hydrogens (tertiary/aromatic N) is 4. The predicted molar refractivity (Wildman–Crippen MR) is 96.4 cm³/mol. The molecule has 0 radical (unpaired) electrons. The van der Waals surface area contributed by atoms with Gasteiger partial charge in [-0.15, -0.1) is 0 Å². The first-order valence-corrected chi connectivity index (χ1v) is 8.13. The van der Waals surface area contributed by atoms with E-state index in [1.807, 2.05) is 18.2 Å². The van der Waals surface area contributed by atoms with Crippen molar-refractivity contribution >= 4 is 22.5 Å². The Morgan fingerprint density at radius 3 is 2.96 bits per heavy atom. The van der Waals surface area contributed by atoms with Crippen LogP contribution in [0, 0.1) is 0 Å². The van der Waals surface area contributed by atoms with Gasteiger partial charge in [-0.1, -0.05) is 28.9 Å². The Balaban J connectivity index is 1.66. The number of halogens is 1. The molecule has 2 aromatic carbocycles. The van der Waals surface area contributed by atoms with Gasteiger partial charge >= 0.3 is 0 Å². The van der Waals surface area contributed by atoms with Gasteiger partial charge in [0.2, 0.25) is 11.7 Å². The molecule has 0 saturated heterocycles. The molecule has 0 aliphatic rings. The van der Waals surface area contributed by atoms with Crippen molar-refractivity contribution < 1.29 is 9.26 Å². The number of ether oxygens (including phenoxy) is 1. The number of benzene rings is 2. The third kappa shape index (κ3) is 3.04. The molecular weight excluding hydrogens is 356 g/mol. The minimum atomic E-state index is -0.223. The van der Waals surface area contributed by atoms with E-state index < -0.39 is 0 Å². The molecule has 7 nitrogen and oxygen atoms in total. The number of methoxy groups -OCH3 is 1. The monoisotopic (exact) mass is 368 g/mol.